The van der Waals surface area contributed by atoms with Gasteiger partial charge in [0.15, 0.2) is 5.78 Å². The second-order valence-electron chi connectivity index (χ2n) is 2.64. The first-order valence-electron chi connectivity index (χ1n) is 3.68. The Balaban J connectivity index is 4.12. The first-order valence-corrected chi connectivity index (χ1v) is 3.68. The van der Waals surface area contributed by atoms with Crippen LogP contribution in [0.4, 0.5) is 0 Å². The van der Waals surface area contributed by atoms with E-state index in [1.165, 1.54) is 14.2 Å². The molecule has 0 N–H and O–H groups in total. The molecule has 0 radical (unpaired) electrons. The van der Waals surface area contributed by atoms with Gasteiger partial charge in [0.2, 0.25) is 0 Å². The predicted octanol–water partition coefficient (Wildman–Crippen LogP) is 1.02. The van der Waals surface area contributed by atoms with Crippen LogP contribution in [0.25, 0.3) is 0 Å². The third kappa shape index (κ3) is 2.60. The fourth-order valence-electron chi connectivity index (χ4n) is 0.739. The molecule has 1 atom stereocenters. The van der Waals surface area contributed by atoms with E-state index in [9.17, 15) is 4.79 Å². The van der Waals surface area contributed by atoms with E-state index in [-0.39, 0.29) is 12.4 Å². The zero-order valence-corrected chi connectivity index (χ0v) is 7.64. The molecule has 0 bridgehead atoms. The van der Waals surface area contributed by atoms with Crippen molar-refractivity contribution in [2.24, 2.45) is 0 Å². The molecule has 0 amide bonds. The molecule has 66 valence electrons. The van der Waals surface area contributed by atoms with Crippen molar-refractivity contribution in [3.63, 3.8) is 0 Å². The number of ketones is 1. The number of rotatable bonds is 5. The van der Waals surface area contributed by atoms with Crippen LogP contribution < -0.4 is 0 Å². The summed E-state index contributed by atoms with van der Waals surface area (Å²) in [7, 11) is 3.04. The van der Waals surface area contributed by atoms with Crippen LogP contribution in [0, 0.1) is 0 Å². The molecule has 0 saturated carbocycles. The Bertz CT molecular complexity index is 127. The summed E-state index contributed by atoms with van der Waals surface area (Å²) in [5.41, 5.74) is -0.671. The lowest BCUT2D eigenvalue weighted by atomic mass is 9.98. The summed E-state index contributed by atoms with van der Waals surface area (Å²) in [6.07, 6.45) is 0.672. The molecule has 0 rings (SSSR count). The van der Waals surface area contributed by atoms with E-state index in [1.807, 2.05) is 6.92 Å². The topological polar surface area (TPSA) is 35.5 Å². The zero-order valence-electron chi connectivity index (χ0n) is 7.64. The van der Waals surface area contributed by atoms with E-state index in [0.29, 0.717) is 6.42 Å². The minimum Gasteiger partial charge on any atom is -0.377 e. The van der Waals surface area contributed by atoms with Crippen molar-refractivity contribution in [2.75, 3.05) is 20.8 Å². The first-order chi connectivity index (χ1) is 5.10. The molecule has 0 aromatic rings. The lowest BCUT2D eigenvalue weighted by molar-refractivity contribution is -0.143. The van der Waals surface area contributed by atoms with E-state index in [1.54, 1.807) is 6.92 Å². The number of ether oxygens (including phenoxy) is 2. The first kappa shape index (κ1) is 10.6. The Hall–Kier alpha value is -0.410. The molecule has 0 fully saturated rings. The highest BCUT2D eigenvalue weighted by Gasteiger charge is 2.29. The molecule has 3 nitrogen and oxygen atoms in total. The van der Waals surface area contributed by atoms with Gasteiger partial charge in [0.1, 0.15) is 12.2 Å². The van der Waals surface area contributed by atoms with Gasteiger partial charge in [0.05, 0.1) is 0 Å². The van der Waals surface area contributed by atoms with E-state index in [0.717, 1.165) is 0 Å². The predicted molar refractivity (Wildman–Crippen MR) is 42.6 cm³/mol. The Morgan fingerprint density at radius 2 is 2.00 bits per heavy atom. The van der Waals surface area contributed by atoms with Crippen molar-refractivity contribution in [3.05, 3.63) is 0 Å². The lowest BCUT2D eigenvalue weighted by Crippen LogP contribution is -2.39. The molecule has 3 heteroatoms. The Labute approximate surface area is 67.7 Å². The maximum absolute atomic E-state index is 11.3. The van der Waals surface area contributed by atoms with Crippen LogP contribution in [0.15, 0.2) is 0 Å². The van der Waals surface area contributed by atoms with Gasteiger partial charge in [-0.25, -0.2) is 0 Å². The Kier molecular flexibility index (Phi) is 4.30. The number of carbonyl (C=O) groups is 1. The summed E-state index contributed by atoms with van der Waals surface area (Å²) in [6.45, 7) is 3.81. The van der Waals surface area contributed by atoms with Gasteiger partial charge < -0.3 is 9.47 Å². The van der Waals surface area contributed by atoms with Gasteiger partial charge in [-0.05, 0) is 13.3 Å². The van der Waals surface area contributed by atoms with Gasteiger partial charge >= 0.3 is 0 Å². The number of carbonyl (C=O) groups excluding carboxylic acids is 1. The number of methoxy groups -OCH3 is 2. The van der Waals surface area contributed by atoms with Crippen LogP contribution in [0.1, 0.15) is 20.3 Å². The summed E-state index contributed by atoms with van der Waals surface area (Å²) in [5, 5.41) is 0. The van der Waals surface area contributed by atoms with Crippen LogP contribution >= 0.6 is 0 Å². The Morgan fingerprint density at radius 3 is 2.27 bits per heavy atom. The van der Waals surface area contributed by atoms with Crippen molar-refractivity contribution in [3.8, 4) is 0 Å². The highest BCUT2D eigenvalue weighted by Crippen LogP contribution is 2.14. The average Bonchev–Trinajstić information content (AvgIpc) is 2.03. The molecule has 0 aliphatic rings. The van der Waals surface area contributed by atoms with Gasteiger partial charge in [-0.15, -0.1) is 0 Å². The van der Waals surface area contributed by atoms with Gasteiger partial charge in [-0.3, -0.25) is 4.79 Å². The SMILES string of the molecule is CCC(C)(OC)C(=O)COC. The third-order valence-electron chi connectivity index (χ3n) is 1.99. The van der Waals surface area contributed by atoms with Gasteiger partial charge in [0, 0.05) is 14.2 Å². The molecule has 0 aromatic carbocycles. The summed E-state index contributed by atoms with van der Waals surface area (Å²) in [6, 6.07) is 0. The maximum Gasteiger partial charge on any atom is 0.189 e. The summed E-state index contributed by atoms with van der Waals surface area (Å²) in [4.78, 5) is 11.3. The maximum atomic E-state index is 11.3. The largest absolute Gasteiger partial charge is 0.377 e. The van der Waals surface area contributed by atoms with E-state index in [4.69, 9.17) is 9.47 Å². The molecule has 11 heavy (non-hydrogen) atoms. The fraction of sp³-hybridized carbons (Fsp3) is 0.875. The van der Waals surface area contributed by atoms with Crippen LogP contribution in [0.2, 0.25) is 0 Å². The number of Topliss-reactive ketones (excluding diaryl/α,β-unsaturated/α-hetero) is 1. The highest BCUT2D eigenvalue weighted by molar-refractivity contribution is 5.87. The van der Waals surface area contributed by atoms with Crippen LogP contribution in [0.3, 0.4) is 0 Å². The number of hydrogen-bond donors (Lipinski definition) is 0. The average molecular weight is 160 g/mol. The fourth-order valence-corrected chi connectivity index (χ4v) is 0.739. The van der Waals surface area contributed by atoms with E-state index < -0.39 is 5.60 Å². The monoisotopic (exact) mass is 160 g/mol. The molecule has 0 aliphatic heterocycles. The molecule has 0 heterocycles. The second-order valence-corrected chi connectivity index (χ2v) is 2.64. The highest BCUT2D eigenvalue weighted by atomic mass is 16.5. The molecular weight excluding hydrogens is 144 g/mol. The van der Waals surface area contributed by atoms with Crippen molar-refractivity contribution in [1.29, 1.82) is 0 Å². The molecule has 0 aliphatic carbocycles. The quantitative estimate of drug-likeness (QED) is 0.602. The smallest absolute Gasteiger partial charge is 0.189 e. The second kappa shape index (κ2) is 4.46. The lowest BCUT2D eigenvalue weighted by Gasteiger charge is -2.24. The third-order valence-corrected chi connectivity index (χ3v) is 1.99. The minimum absolute atomic E-state index is 0.00926. The standard InChI is InChI=1S/C8H16O3/c1-5-8(2,11-4)7(9)6-10-3/h5-6H2,1-4H3. The normalized spacial score (nSPS) is 16.0. The van der Waals surface area contributed by atoms with Crippen LogP contribution in [-0.2, 0) is 14.3 Å². The summed E-state index contributed by atoms with van der Waals surface area (Å²) < 4.78 is 9.80. The van der Waals surface area contributed by atoms with Crippen molar-refractivity contribution in [2.45, 2.75) is 25.9 Å². The summed E-state index contributed by atoms with van der Waals surface area (Å²) >= 11 is 0. The summed E-state index contributed by atoms with van der Waals surface area (Å²) in [5.74, 6) is -0.00926. The molecule has 1 unspecified atom stereocenters. The van der Waals surface area contributed by atoms with Gasteiger partial charge in [-0.2, -0.15) is 0 Å². The zero-order chi connectivity index (χ0) is 8.91. The van der Waals surface area contributed by atoms with Gasteiger partial charge in [0.25, 0.3) is 0 Å². The van der Waals surface area contributed by atoms with Crippen LogP contribution in [-0.4, -0.2) is 32.2 Å². The molecule has 0 spiro atoms. The van der Waals surface area contributed by atoms with Crippen LogP contribution in [0.5, 0.6) is 0 Å². The van der Waals surface area contributed by atoms with E-state index >= 15 is 0 Å². The minimum atomic E-state index is -0.671. The molecular formula is C8H16O3. The molecule has 0 aromatic heterocycles. The van der Waals surface area contributed by atoms with Gasteiger partial charge in [-0.1, -0.05) is 6.92 Å². The Morgan fingerprint density at radius 1 is 1.45 bits per heavy atom. The molecule has 0 saturated heterocycles. The van der Waals surface area contributed by atoms with Crippen molar-refractivity contribution >= 4 is 5.78 Å². The van der Waals surface area contributed by atoms with E-state index in [2.05, 4.69) is 0 Å². The number of hydrogen-bond acceptors (Lipinski definition) is 3. The van der Waals surface area contributed by atoms with Crippen molar-refractivity contribution in [1.82, 2.24) is 0 Å². The van der Waals surface area contributed by atoms with Crippen molar-refractivity contribution < 1.29 is 14.3 Å².